The minimum absolute atomic E-state index is 0.00475. The normalized spacial score (nSPS) is 20.2. The highest BCUT2D eigenvalue weighted by Crippen LogP contribution is 2.46. The summed E-state index contributed by atoms with van der Waals surface area (Å²) in [7, 11) is 3.01. The number of methoxy groups -OCH3 is 2. The number of amides is 1. The first-order valence-corrected chi connectivity index (χ1v) is 11.6. The molecule has 2 atom stereocenters. The first-order valence-electron chi connectivity index (χ1n) is 11.2. The zero-order valence-corrected chi connectivity index (χ0v) is 20.4. The van der Waals surface area contributed by atoms with E-state index >= 15 is 0 Å². The Balaban J connectivity index is 1.69. The molecule has 2 aromatic rings. The monoisotopic (exact) mass is 485 g/mol. The molecule has 0 saturated heterocycles. The number of carbonyl (C=O) groups is 2. The summed E-state index contributed by atoms with van der Waals surface area (Å²) in [6.07, 6.45) is 0.945. The summed E-state index contributed by atoms with van der Waals surface area (Å²) < 4.78 is 16.5. The summed E-state index contributed by atoms with van der Waals surface area (Å²) in [5.41, 5.74) is 2.82. The Morgan fingerprint density at radius 2 is 1.68 bits per heavy atom. The van der Waals surface area contributed by atoms with E-state index in [9.17, 15) is 14.7 Å². The Morgan fingerprint density at radius 1 is 0.971 bits per heavy atom. The number of carbonyl (C=O) groups excluding carboxylic acids is 2. The number of hydrogen-bond acceptors (Lipinski definition) is 6. The Morgan fingerprint density at radius 3 is 2.35 bits per heavy atom. The van der Waals surface area contributed by atoms with Gasteiger partial charge in [0.05, 0.1) is 25.3 Å². The van der Waals surface area contributed by atoms with E-state index in [2.05, 4.69) is 5.32 Å². The molecule has 4 rings (SSSR count). The molecule has 1 aliphatic heterocycles. The predicted octanol–water partition coefficient (Wildman–Crippen LogP) is 4.85. The minimum Gasteiger partial charge on any atom is -0.503 e. The second-order valence-corrected chi connectivity index (χ2v) is 9.26. The van der Waals surface area contributed by atoms with Gasteiger partial charge in [0.25, 0.3) is 0 Å². The van der Waals surface area contributed by atoms with Crippen LogP contribution in [-0.2, 0) is 9.59 Å². The third-order valence-electron chi connectivity index (χ3n) is 6.23. The first-order chi connectivity index (χ1) is 16.2. The number of aromatic hydroxyl groups is 1. The molecule has 0 aromatic heterocycles. The van der Waals surface area contributed by atoms with E-state index < -0.39 is 5.92 Å². The molecule has 0 fully saturated rings. The lowest BCUT2D eigenvalue weighted by Gasteiger charge is -2.34. The highest BCUT2D eigenvalue weighted by Gasteiger charge is 2.39. The maximum atomic E-state index is 13.4. The average Bonchev–Trinajstić information content (AvgIpc) is 2.79. The van der Waals surface area contributed by atoms with Crippen LogP contribution in [0.4, 0.5) is 0 Å². The highest BCUT2D eigenvalue weighted by molar-refractivity contribution is 6.32. The smallest absolute Gasteiger partial charge is 0.225 e. The second-order valence-electron chi connectivity index (χ2n) is 8.86. The average molecular weight is 486 g/mol. The molecule has 2 aliphatic rings. The Labute approximate surface area is 203 Å². The van der Waals surface area contributed by atoms with E-state index in [-0.39, 0.29) is 46.7 Å². The lowest BCUT2D eigenvalue weighted by Crippen LogP contribution is -2.38. The SMILES string of the molecule is COc1cc(C2CC(=O)C3=C(C2)NC(=O)CC3c2cc(Cl)c(O)c(OC)c2)ccc1OC(C)C. The van der Waals surface area contributed by atoms with E-state index in [0.717, 1.165) is 5.56 Å². The first kappa shape index (κ1) is 24.0. The number of benzene rings is 2. The molecule has 1 heterocycles. The van der Waals surface area contributed by atoms with Crippen molar-refractivity contribution in [1.29, 1.82) is 0 Å². The fourth-order valence-electron chi connectivity index (χ4n) is 4.72. The zero-order chi connectivity index (χ0) is 24.6. The molecule has 1 aliphatic carbocycles. The van der Waals surface area contributed by atoms with Crippen molar-refractivity contribution in [3.05, 3.63) is 57.8 Å². The van der Waals surface area contributed by atoms with Crippen LogP contribution in [0.3, 0.4) is 0 Å². The fourth-order valence-corrected chi connectivity index (χ4v) is 4.94. The van der Waals surface area contributed by atoms with E-state index in [1.54, 1.807) is 19.2 Å². The van der Waals surface area contributed by atoms with Crippen LogP contribution >= 0.6 is 11.6 Å². The number of phenolic OH excluding ortho intramolecular Hbond substituents is 1. The molecule has 180 valence electrons. The van der Waals surface area contributed by atoms with Gasteiger partial charge in [-0.05, 0) is 61.6 Å². The number of rotatable bonds is 6. The number of ether oxygens (including phenoxy) is 3. The number of Topliss-reactive ketones (excluding diaryl/α,β-unsaturated/α-hetero) is 1. The molecule has 2 N–H and O–H groups in total. The van der Waals surface area contributed by atoms with Gasteiger partial charge in [-0.1, -0.05) is 17.7 Å². The van der Waals surface area contributed by atoms with Crippen molar-refractivity contribution < 1.29 is 28.9 Å². The topological polar surface area (TPSA) is 94.1 Å². The van der Waals surface area contributed by atoms with Crippen LogP contribution in [0, 0.1) is 0 Å². The summed E-state index contributed by atoms with van der Waals surface area (Å²) in [4.78, 5) is 26.0. The van der Waals surface area contributed by atoms with Gasteiger partial charge in [0.2, 0.25) is 5.91 Å². The van der Waals surface area contributed by atoms with Gasteiger partial charge >= 0.3 is 0 Å². The lowest BCUT2D eigenvalue weighted by atomic mass is 9.73. The number of halogens is 1. The summed E-state index contributed by atoms with van der Waals surface area (Å²) in [6.45, 7) is 3.89. The second kappa shape index (κ2) is 9.58. The molecule has 34 heavy (non-hydrogen) atoms. The predicted molar refractivity (Wildman–Crippen MR) is 128 cm³/mol. The maximum absolute atomic E-state index is 13.4. The Kier molecular flexibility index (Phi) is 6.75. The zero-order valence-electron chi connectivity index (χ0n) is 19.6. The molecular weight excluding hydrogens is 458 g/mol. The van der Waals surface area contributed by atoms with Crippen LogP contribution < -0.4 is 19.5 Å². The van der Waals surface area contributed by atoms with Gasteiger partial charge in [-0.15, -0.1) is 0 Å². The van der Waals surface area contributed by atoms with Crippen molar-refractivity contribution in [2.24, 2.45) is 0 Å². The van der Waals surface area contributed by atoms with Gasteiger partial charge in [0, 0.05) is 30.0 Å². The van der Waals surface area contributed by atoms with Crippen molar-refractivity contribution in [3.8, 4) is 23.0 Å². The molecule has 0 saturated carbocycles. The summed E-state index contributed by atoms with van der Waals surface area (Å²) in [5.74, 6) is 0.524. The highest BCUT2D eigenvalue weighted by atomic mass is 35.5. The third kappa shape index (κ3) is 4.57. The summed E-state index contributed by atoms with van der Waals surface area (Å²) in [5, 5.41) is 13.1. The van der Waals surface area contributed by atoms with Gasteiger partial charge in [-0.25, -0.2) is 0 Å². The molecular formula is C26H28ClNO6. The molecule has 7 nitrogen and oxygen atoms in total. The van der Waals surface area contributed by atoms with Crippen molar-refractivity contribution >= 4 is 23.3 Å². The van der Waals surface area contributed by atoms with Crippen LogP contribution in [-0.4, -0.2) is 37.1 Å². The largest absolute Gasteiger partial charge is 0.503 e. The molecule has 8 heteroatoms. The molecule has 1 amide bonds. The van der Waals surface area contributed by atoms with Crippen molar-refractivity contribution in [2.45, 2.75) is 51.0 Å². The van der Waals surface area contributed by atoms with Crippen molar-refractivity contribution in [3.63, 3.8) is 0 Å². The fraction of sp³-hybridized carbons (Fsp3) is 0.385. The number of hydrogen-bond donors (Lipinski definition) is 2. The van der Waals surface area contributed by atoms with Gasteiger partial charge in [0.15, 0.2) is 28.8 Å². The molecule has 2 unspecified atom stereocenters. The van der Waals surface area contributed by atoms with E-state index in [4.69, 9.17) is 25.8 Å². The van der Waals surface area contributed by atoms with Crippen LogP contribution in [0.15, 0.2) is 41.6 Å². The standard InChI is InChI=1S/C26H28ClNO6/c1-13(2)34-21-6-5-14(10-22(21)32-3)15-8-19-25(20(29)9-15)17(12-24(30)28-19)16-7-18(27)26(31)23(11-16)33-4/h5-7,10-11,13,15,17,31H,8-9,12H2,1-4H3,(H,28,30). The molecule has 0 bridgehead atoms. The quantitative estimate of drug-likeness (QED) is 0.607. The number of ketones is 1. The maximum Gasteiger partial charge on any atom is 0.225 e. The van der Waals surface area contributed by atoms with Crippen LogP contribution in [0.5, 0.6) is 23.0 Å². The minimum atomic E-state index is -0.458. The number of phenols is 1. The van der Waals surface area contributed by atoms with Crippen LogP contribution in [0.25, 0.3) is 0 Å². The van der Waals surface area contributed by atoms with Gasteiger partial charge in [0.1, 0.15) is 0 Å². The van der Waals surface area contributed by atoms with Gasteiger partial charge in [-0.3, -0.25) is 9.59 Å². The lowest BCUT2D eigenvalue weighted by molar-refractivity contribution is -0.122. The molecule has 2 aromatic carbocycles. The van der Waals surface area contributed by atoms with Gasteiger partial charge < -0.3 is 24.6 Å². The third-order valence-corrected chi connectivity index (χ3v) is 6.52. The number of nitrogens with one attached hydrogen (secondary N) is 1. The summed E-state index contributed by atoms with van der Waals surface area (Å²) >= 11 is 6.19. The molecule has 0 radical (unpaired) electrons. The van der Waals surface area contributed by atoms with E-state index in [1.165, 1.54) is 7.11 Å². The summed E-state index contributed by atoms with van der Waals surface area (Å²) in [6, 6.07) is 8.91. The van der Waals surface area contributed by atoms with E-state index in [1.807, 2.05) is 32.0 Å². The molecule has 0 spiro atoms. The van der Waals surface area contributed by atoms with Crippen LogP contribution in [0.1, 0.15) is 56.1 Å². The Hall–Kier alpha value is -3.19. The number of allylic oxidation sites excluding steroid dienone is 2. The van der Waals surface area contributed by atoms with Gasteiger partial charge in [-0.2, -0.15) is 0 Å². The Bertz CT molecular complexity index is 1170. The van der Waals surface area contributed by atoms with E-state index in [0.29, 0.717) is 41.2 Å². The van der Waals surface area contributed by atoms with Crippen molar-refractivity contribution in [2.75, 3.05) is 14.2 Å². The van der Waals surface area contributed by atoms with Crippen molar-refractivity contribution in [1.82, 2.24) is 5.32 Å². The van der Waals surface area contributed by atoms with Crippen LogP contribution in [0.2, 0.25) is 5.02 Å².